The van der Waals surface area contributed by atoms with Crippen molar-refractivity contribution in [2.45, 2.75) is 83.3 Å². The summed E-state index contributed by atoms with van der Waals surface area (Å²) in [5.74, 6) is 0. The van der Waals surface area contributed by atoms with Gasteiger partial charge in [-0.05, 0) is 52.5 Å². The lowest BCUT2D eigenvalue weighted by Gasteiger charge is -2.44. The second-order valence-electron chi connectivity index (χ2n) is 6.36. The van der Waals surface area contributed by atoms with Crippen molar-refractivity contribution in [2.24, 2.45) is 0 Å². The molecule has 0 aliphatic carbocycles. The third-order valence-electron chi connectivity index (χ3n) is 4.92. The van der Waals surface area contributed by atoms with Crippen LogP contribution in [0.2, 0.25) is 0 Å². The summed E-state index contributed by atoms with van der Waals surface area (Å²) in [5, 5.41) is 3.82. The molecule has 2 nitrogen and oxygen atoms in total. The number of hydrogen-bond acceptors (Lipinski definition) is 2. The molecule has 0 radical (unpaired) electrons. The molecule has 2 heterocycles. The van der Waals surface area contributed by atoms with Crippen LogP contribution >= 0.6 is 0 Å². The van der Waals surface area contributed by atoms with Crippen molar-refractivity contribution >= 4 is 0 Å². The molecule has 3 unspecified atom stereocenters. The van der Waals surface area contributed by atoms with E-state index in [-0.39, 0.29) is 0 Å². The number of nitrogens with zero attached hydrogens (tertiary/aromatic N) is 1. The van der Waals surface area contributed by atoms with E-state index in [2.05, 4.69) is 31.0 Å². The molecule has 3 atom stereocenters. The van der Waals surface area contributed by atoms with Crippen LogP contribution in [0.25, 0.3) is 0 Å². The molecule has 2 aliphatic heterocycles. The predicted octanol–water partition coefficient (Wildman–Crippen LogP) is 3.17. The van der Waals surface area contributed by atoms with Crippen LogP contribution in [0.3, 0.4) is 0 Å². The molecular formula is C15H30N2. The molecule has 0 aromatic rings. The highest BCUT2D eigenvalue weighted by Crippen LogP contribution is 2.30. The smallest absolute Gasteiger partial charge is 0.0309 e. The SMILES string of the molecule is CCCC1(CN2C(C)CCCC2C)CCCN1. The average molecular weight is 238 g/mol. The summed E-state index contributed by atoms with van der Waals surface area (Å²) in [6.07, 6.45) is 9.63. The molecule has 0 bridgehead atoms. The van der Waals surface area contributed by atoms with Gasteiger partial charge in [-0.15, -0.1) is 0 Å². The molecular weight excluding hydrogens is 208 g/mol. The Bertz CT molecular complexity index is 223. The maximum absolute atomic E-state index is 3.82. The fourth-order valence-electron chi connectivity index (χ4n) is 3.91. The van der Waals surface area contributed by atoms with E-state index in [1.807, 2.05) is 0 Å². The van der Waals surface area contributed by atoms with Gasteiger partial charge in [0.2, 0.25) is 0 Å². The van der Waals surface area contributed by atoms with Gasteiger partial charge in [0, 0.05) is 24.2 Å². The van der Waals surface area contributed by atoms with Crippen molar-refractivity contribution < 1.29 is 0 Å². The molecule has 2 aliphatic rings. The predicted molar refractivity (Wildman–Crippen MR) is 74.4 cm³/mol. The normalized spacial score (nSPS) is 39.7. The standard InChI is InChI=1S/C15H30N2/c1-4-9-15(10-6-11-16-15)12-17-13(2)7-5-8-14(17)3/h13-14,16H,4-12H2,1-3H3. The topological polar surface area (TPSA) is 15.3 Å². The maximum atomic E-state index is 3.82. The molecule has 0 aromatic heterocycles. The Morgan fingerprint density at radius 2 is 1.88 bits per heavy atom. The second kappa shape index (κ2) is 5.71. The lowest BCUT2D eigenvalue weighted by atomic mass is 9.88. The highest BCUT2D eigenvalue weighted by Gasteiger charge is 2.37. The highest BCUT2D eigenvalue weighted by atomic mass is 15.2. The Morgan fingerprint density at radius 1 is 1.18 bits per heavy atom. The van der Waals surface area contributed by atoms with Crippen molar-refractivity contribution in [1.29, 1.82) is 0 Å². The zero-order valence-corrected chi connectivity index (χ0v) is 12.0. The largest absolute Gasteiger partial charge is 0.310 e. The van der Waals surface area contributed by atoms with Gasteiger partial charge in [0.05, 0.1) is 0 Å². The Hall–Kier alpha value is -0.0800. The van der Waals surface area contributed by atoms with Crippen molar-refractivity contribution in [3.8, 4) is 0 Å². The number of piperidine rings is 1. The first-order valence-corrected chi connectivity index (χ1v) is 7.68. The van der Waals surface area contributed by atoms with Gasteiger partial charge >= 0.3 is 0 Å². The van der Waals surface area contributed by atoms with Crippen LogP contribution in [0.1, 0.15) is 65.7 Å². The summed E-state index contributed by atoms with van der Waals surface area (Å²) in [6, 6.07) is 1.57. The van der Waals surface area contributed by atoms with Crippen LogP contribution in [0.4, 0.5) is 0 Å². The van der Waals surface area contributed by atoms with Crippen molar-refractivity contribution in [2.75, 3.05) is 13.1 Å². The molecule has 0 amide bonds. The van der Waals surface area contributed by atoms with Gasteiger partial charge in [0.25, 0.3) is 0 Å². The Morgan fingerprint density at radius 3 is 2.41 bits per heavy atom. The molecule has 0 saturated carbocycles. The number of rotatable bonds is 4. The van der Waals surface area contributed by atoms with E-state index in [4.69, 9.17) is 0 Å². The van der Waals surface area contributed by atoms with Gasteiger partial charge in [-0.25, -0.2) is 0 Å². The molecule has 100 valence electrons. The van der Waals surface area contributed by atoms with Crippen LogP contribution < -0.4 is 5.32 Å². The van der Waals surface area contributed by atoms with Crippen LogP contribution in [-0.2, 0) is 0 Å². The lowest BCUT2D eigenvalue weighted by molar-refractivity contribution is 0.0666. The first-order valence-electron chi connectivity index (χ1n) is 7.68. The van der Waals surface area contributed by atoms with Gasteiger partial charge in [-0.2, -0.15) is 0 Å². The van der Waals surface area contributed by atoms with Gasteiger partial charge in [0.1, 0.15) is 0 Å². The second-order valence-corrected chi connectivity index (χ2v) is 6.36. The van der Waals surface area contributed by atoms with Crippen LogP contribution in [0, 0.1) is 0 Å². The zero-order valence-electron chi connectivity index (χ0n) is 12.0. The molecule has 0 aromatic carbocycles. The zero-order chi connectivity index (χ0) is 12.3. The van der Waals surface area contributed by atoms with Crippen molar-refractivity contribution in [3.63, 3.8) is 0 Å². The van der Waals surface area contributed by atoms with E-state index < -0.39 is 0 Å². The Labute approximate surface area is 107 Å². The Balaban J connectivity index is 2.00. The summed E-state index contributed by atoms with van der Waals surface area (Å²) >= 11 is 0. The van der Waals surface area contributed by atoms with Gasteiger partial charge in [-0.3, -0.25) is 4.90 Å². The average Bonchev–Trinajstić information content (AvgIpc) is 2.73. The van der Waals surface area contributed by atoms with E-state index in [1.54, 1.807) is 0 Å². The van der Waals surface area contributed by atoms with E-state index in [0.717, 1.165) is 12.1 Å². The minimum atomic E-state index is 0.439. The summed E-state index contributed by atoms with van der Waals surface area (Å²) in [5.41, 5.74) is 0.439. The Kier molecular flexibility index (Phi) is 4.48. The van der Waals surface area contributed by atoms with Crippen molar-refractivity contribution in [3.05, 3.63) is 0 Å². The van der Waals surface area contributed by atoms with E-state index >= 15 is 0 Å². The van der Waals surface area contributed by atoms with E-state index in [9.17, 15) is 0 Å². The number of hydrogen-bond donors (Lipinski definition) is 1. The third kappa shape index (κ3) is 3.03. The minimum absolute atomic E-state index is 0.439. The van der Waals surface area contributed by atoms with Gasteiger partial charge in [0.15, 0.2) is 0 Å². The fraction of sp³-hybridized carbons (Fsp3) is 1.00. The summed E-state index contributed by atoms with van der Waals surface area (Å²) in [4.78, 5) is 2.78. The highest BCUT2D eigenvalue weighted by molar-refractivity contribution is 4.97. The van der Waals surface area contributed by atoms with E-state index in [0.29, 0.717) is 5.54 Å². The number of likely N-dealkylation sites (tertiary alicyclic amines) is 1. The quantitative estimate of drug-likeness (QED) is 0.809. The van der Waals surface area contributed by atoms with Crippen molar-refractivity contribution in [1.82, 2.24) is 10.2 Å². The van der Waals surface area contributed by atoms with Gasteiger partial charge in [-0.1, -0.05) is 19.8 Å². The summed E-state index contributed by atoms with van der Waals surface area (Å²) in [6.45, 7) is 9.68. The number of nitrogens with one attached hydrogen (secondary N) is 1. The minimum Gasteiger partial charge on any atom is -0.310 e. The lowest BCUT2D eigenvalue weighted by Crippen LogP contribution is -2.55. The monoisotopic (exact) mass is 238 g/mol. The third-order valence-corrected chi connectivity index (χ3v) is 4.92. The molecule has 0 spiro atoms. The molecule has 2 fully saturated rings. The molecule has 2 saturated heterocycles. The maximum Gasteiger partial charge on any atom is 0.0309 e. The molecule has 17 heavy (non-hydrogen) atoms. The molecule has 1 N–H and O–H groups in total. The fourth-order valence-corrected chi connectivity index (χ4v) is 3.91. The molecule has 2 heteroatoms. The van der Waals surface area contributed by atoms with Crippen LogP contribution in [-0.4, -0.2) is 35.6 Å². The summed E-state index contributed by atoms with van der Waals surface area (Å²) in [7, 11) is 0. The molecule has 2 rings (SSSR count). The first-order chi connectivity index (χ1) is 8.17. The van der Waals surface area contributed by atoms with Gasteiger partial charge < -0.3 is 5.32 Å². The van der Waals surface area contributed by atoms with E-state index in [1.165, 1.54) is 58.0 Å². The summed E-state index contributed by atoms with van der Waals surface area (Å²) < 4.78 is 0. The van der Waals surface area contributed by atoms with Crippen LogP contribution in [0.5, 0.6) is 0 Å². The first kappa shape index (κ1) is 13.4. The van der Waals surface area contributed by atoms with Crippen LogP contribution in [0.15, 0.2) is 0 Å².